The van der Waals surface area contributed by atoms with Gasteiger partial charge in [0.15, 0.2) is 0 Å². The average molecular weight is 1700 g/mol. The molecule has 0 saturated carbocycles. The second-order valence-corrected chi connectivity index (χ2v) is 34.5. The van der Waals surface area contributed by atoms with Crippen molar-refractivity contribution >= 4 is 67.4 Å². The van der Waals surface area contributed by atoms with Gasteiger partial charge in [0, 0.05) is 133 Å². The lowest BCUT2D eigenvalue weighted by Crippen LogP contribution is -2.51. The first-order chi connectivity index (χ1) is 60.8. The van der Waals surface area contributed by atoms with E-state index in [9.17, 15) is 19.2 Å². The van der Waals surface area contributed by atoms with Gasteiger partial charge >= 0.3 is 0 Å². The lowest BCUT2D eigenvalue weighted by Gasteiger charge is -2.43. The standard InChI is InChI=1S/C25H31N7O.C24H29N7O.C23H27N7O.C22H25N7O/c1-5-29(6-2)14-19-9-10-30(15-19)20-7-8-24-27-21(12-25(33)31(24)16-20)22-11-23-18(4)26-17(3)13-32(23)28-22;1-5-28(6-2)12-18-13-29(14-18)19-7-8-23-26-20(10-24(32)30(23)15-19)21-9-22-17(4)25-16(3)11-31(22)27-21;1-4-24-11-17-7-8-28(13-17)18-5-6-22-26-19(10-23(31)29(22)14-18)20-9-21-16(3)25-15(2)12-30(21)27-20;1-14-9-29-20(15(2)23-14)7-19(25-29)18-8-22(30)28-13-17(5-6-21(28)24-18)27-11-16(12-27)10-26(3)4/h7-8,11-13,16,19H,5-6,9-10,14-15H2,1-4H3;7-11,15,18H,5-6,12-14H2,1-4H3;5-6,9-10,12,14,17,24H,4,7-8,11,13H2,1-3H3;5-9,13,16H,10-12H2,1-4H3/t19-;;17-;/m0.0./s1. The Morgan fingerprint density at radius 1 is 0.325 bits per heavy atom. The summed E-state index contributed by atoms with van der Waals surface area (Å²) in [6.45, 7) is 44.5. The van der Waals surface area contributed by atoms with Crippen LogP contribution in [0, 0.1) is 79.1 Å². The zero-order chi connectivity index (χ0) is 88.0. The van der Waals surface area contributed by atoms with Crippen molar-refractivity contribution in [3.63, 3.8) is 0 Å². The number of nitrogens with zero attached hydrogens (tertiary/aromatic N) is 27. The van der Waals surface area contributed by atoms with E-state index in [0.29, 0.717) is 91.8 Å². The van der Waals surface area contributed by atoms with Crippen molar-refractivity contribution in [3.8, 4) is 45.6 Å². The van der Waals surface area contributed by atoms with Crippen LogP contribution in [-0.4, -0.2) is 236 Å². The van der Waals surface area contributed by atoms with Gasteiger partial charge in [-0.05, 0) is 206 Å². The molecule has 4 aliphatic rings. The Hall–Kier alpha value is -13.0. The van der Waals surface area contributed by atoms with Gasteiger partial charge in [-0.25, -0.2) is 38.0 Å². The predicted octanol–water partition coefficient (Wildman–Crippen LogP) is 10.5. The van der Waals surface area contributed by atoms with Gasteiger partial charge in [-0.3, -0.25) is 56.7 Å². The summed E-state index contributed by atoms with van der Waals surface area (Å²) in [5.74, 6) is 2.66. The van der Waals surface area contributed by atoms with Gasteiger partial charge in [0.05, 0.1) is 138 Å². The van der Waals surface area contributed by atoms with Crippen LogP contribution < -0.4 is 47.2 Å². The number of pyridine rings is 4. The normalized spacial score (nSPS) is 15.6. The van der Waals surface area contributed by atoms with Crippen molar-refractivity contribution in [1.82, 2.24) is 116 Å². The molecule has 20 heterocycles. The fourth-order valence-electron chi connectivity index (χ4n) is 18.1. The third kappa shape index (κ3) is 18.0. The molecule has 20 rings (SSSR count). The monoisotopic (exact) mass is 1700 g/mol. The van der Waals surface area contributed by atoms with Gasteiger partial charge in [-0.15, -0.1) is 0 Å². The van der Waals surface area contributed by atoms with E-state index < -0.39 is 0 Å². The van der Waals surface area contributed by atoms with E-state index in [2.05, 4.69) is 147 Å². The first-order valence-corrected chi connectivity index (χ1v) is 44.1. The van der Waals surface area contributed by atoms with Crippen LogP contribution in [0.3, 0.4) is 0 Å². The van der Waals surface area contributed by atoms with E-state index in [1.54, 1.807) is 55.4 Å². The molecule has 16 aromatic heterocycles. The molecule has 0 aromatic carbocycles. The quantitative estimate of drug-likeness (QED) is 0.0699. The molecule has 652 valence electrons. The van der Waals surface area contributed by atoms with Crippen molar-refractivity contribution in [2.45, 2.75) is 103 Å². The van der Waals surface area contributed by atoms with Crippen LogP contribution in [0.5, 0.6) is 0 Å². The largest absolute Gasteiger partial charge is 0.370 e. The zero-order valence-electron chi connectivity index (χ0n) is 74.8. The molecule has 0 aliphatic carbocycles. The number of fused-ring (bicyclic) bond motifs is 8. The molecule has 126 heavy (non-hydrogen) atoms. The molecule has 0 spiro atoms. The molecule has 0 unspecified atom stereocenters. The number of anilines is 4. The molecular formula is C94H112N28O4. The fourth-order valence-corrected chi connectivity index (χ4v) is 18.1. The van der Waals surface area contributed by atoms with Crippen LogP contribution >= 0.6 is 0 Å². The summed E-state index contributed by atoms with van der Waals surface area (Å²) in [4.78, 5) is 105. The summed E-state index contributed by atoms with van der Waals surface area (Å²) < 4.78 is 13.7. The van der Waals surface area contributed by atoms with Crippen LogP contribution in [0.4, 0.5) is 22.7 Å². The van der Waals surface area contributed by atoms with Gasteiger partial charge in [0.2, 0.25) is 0 Å². The summed E-state index contributed by atoms with van der Waals surface area (Å²) in [6, 6.07) is 29.9. The van der Waals surface area contributed by atoms with Crippen molar-refractivity contribution in [3.05, 3.63) is 234 Å². The summed E-state index contributed by atoms with van der Waals surface area (Å²) in [7, 11) is 4.20. The Labute approximate surface area is 730 Å². The highest BCUT2D eigenvalue weighted by molar-refractivity contribution is 5.71. The zero-order valence-corrected chi connectivity index (χ0v) is 74.8. The third-order valence-electron chi connectivity index (χ3n) is 24.7. The van der Waals surface area contributed by atoms with E-state index in [-0.39, 0.29) is 22.2 Å². The highest BCUT2D eigenvalue weighted by atomic mass is 16.1. The van der Waals surface area contributed by atoms with E-state index in [1.165, 1.54) is 12.8 Å². The van der Waals surface area contributed by atoms with Crippen molar-refractivity contribution in [2.75, 3.05) is 145 Å². The maximum absolute atomic E-state index is 13.0. The van der Waals surface area contributed by atoms with Crippen LogP contribution in [0.1, 0.15) is 93.0 Å². The molecule has 0 radical (unpaired) electrons. The van der Waals surface area contributed by atoms with Gasteiger partial charge < -0.3 is 39.6 Å². The van der Waals surface area contributed by atoms with Gasteiger partial charge in [-0.2, -0.15) is 20.4 Å². The fraction of sp³-hybridized carbons (Fsp3) is 0.404. The first kappa shape index (κ1) is 85.1. The van der Waals surface area contributed by atoms with Gasteiger partial charge in [-0.1, -0.05) is 34.6 Å². The maximum Gasteiger partial charge on any atom is 0.258 e. The highest BCUT2D eigenvalue weighted by Gasteiger charge is 2.32. The summed E-state index contributed by atoms with van der Waals surface area (Å²) in [5.41, 5.74) is 22.2. The second-order valence-electron chi connectivity index (χ2n) is 34.5. The minimum Gasteiger partial charge on any atom is -0.370 e. The first-order valence-electron chi connectivity index (χ1n) is 44.1. The molecule has 4 fully saturated rings. The molecule has 16 aromatic rings. The van der Waals surface area contributed by atoms with Crippen molar-refractivity contribution in [1.29, 1.82) is 0 Å². The van der Waals surface area contributed by atoms with E-state index in [0.717, 1.165) is 202 Å². The Morgan fingerprint density at radius 3 is 0.905 bits per heavy atom. The molecule has 2 atom stereocenters. The number of aromatic nitrogens is 20. The Bertz CT molecular complexity index is 7010. The lowest BCUT2D eigenvalue weighted by atomic mass is 9.98. The predicted molar refractivity (Wildman–Crippen MR) is 496 cm³/mol. The molecule has 32 heteroatoms. The molecular weight excluding hydrogens is 1590 g/mol. The number of nitrogens with one attached hydrogen (secondary N) is 1. The Kier molecular flexibility index (Phi) is 24.3. The second kappa shape index (κ2) is 35.9. The molecule has 0 amide bonds. The minimum atomic E-state index is -0.106. The van der Waals surface area contributed by atoms with Crippen LogP contribution in [-0.2, 0) is 0 Å². The van der Waals surface area contributed by atoms with Gasteiger partial charge in [0.25, 0.3) is 22.2 Å². The van der Waals surface area contributed by atoms with Gasteiger partial charge in [0.1, 0.15) is 45.4 Å². The number of rotatable bonds is 21. The molecule has 4 saturated heterocycles. The number of hydrogen-bond acceptors (Lipinski definition) is 24. The number of hydrogen-bond donors (Lipinski definition) is 1. The average Bonchev–Trinajstić information content (AvgIpc) is 1.31. The van der Waals surface area contributed by atoms with Crippen LogP contribution in [0.15, 0.2) is 166 Å². The Balaban J connectivity index is 0.000000119. The smallest absolute Gasteiger partial charge is 0.258 e. The number of aryl methyl sites for hydroxylation is 8. The SMILES string of the molecule is CCN(CC)CC1CN(c2ccc3nc(-c4cc5c(C)nc(C)cn5n4)cc(=O)n3c2)C1.CCN(CC)C[C@@H]1CCN(c2ccc3nc(-c4cc5c(C)nc(C)cn5n4)cc(=O)n3c2)C1.CCNC[C@@H]1CCN(c2ccc3nc(-c4cc5c(C)nc(C)cn5n4)cc(=O)n3c2)C1.Cc1cn2nc(-c3cc(=O)n4cc(N5CC(CN(C)C)C5)ccc4n3)cc2c(C)n1. The molecule has 0 bridgehead atoms. The third-order valence-corrected chi connectivity index (χ3v) is 24.7. The molecule has 32 nitrogen and oxygen atoms in total. The summed E-state index contributed by atoms with van der Waals surface area (Å²) in [5, 5.41) is 21.9. The summed E-state index contributed by atoms with van der Waals surface area (Å²) >= 11 is 0. The minimum absolute atomic E-state index is 0.0983. The van der Waals surface area contributed by atoms with E-state index in [1.807, 2.05) is 164 Å². The molecule has 1 N–H and O–H groups in total. The highest BCUT2D eigenvalue weighted by Crippen LogP contribution is 2.32. The van der Waals surface area contributed by atoms with Crippen LogP contribution in [0.2, 0.25) is 0 Å². The maximum atomic E-state index is 13.0. The van der Waals surface area contributed by atoms with E-state index in [4.69, 9.17) is 19.9 Å². The van der Waals surface area contributed by atoms with Crippen LogP contribution in [0.25, 0.3) is 90.2 Å². The van der Waals surface area contributed by atoms with Crippen molar-refractivity contribution in [2.24, 2.45) is 23.7 Å². The Morgan fingerprint density at radius 2 is 0.603 bits per heavy atom. The molecule has 4 aliphatic heterocycles. The lowest BCUT2D eigenvalue weighted by molar-refractivity contribution is 0.227. The summed E-state index contributed by atoms with van der Waals surface area (Å²) in [6.07, 6.45) is 17.5. The topological polar surface area (TPSA) is 293 Å². The van der Waals surface area contributed by atoms with Crippen molar-refractivity contribution < 1.29 is 0 Å². The van der Waals surface area contributed by atoms with E-state index >= 15 is 0 Å².